The minimum Gasteiger partial charge on any atom is -0.491 e. The van der Waals surface area contributed by atoms with Crippen molar-refractivity contribution in [2.45, 2.75) is 26.1 Å². The van der Waals surface area contributed by atoms with E-state index in [0.717, 1.165) is 33.8 Å². The van der Waals surface area contributed by atoms with Gasteiger partial charge in [0.05, 0.1) is 10.6 Å². The normalized spacial score (nSPS) is 15.3. The van der Waals surface area contributed by atoms with Gasteiger partial charge in [0.25, 0.3) is 5.56 Å². The second kappa shape index (κ2) is 9.72. The van der Waals surface area contributed by atoms with Crippen LogP contribution in [0.1, 0.15) is 31.1 Å². The topological polar surface area (TPSA) is 82.8 Å². The van der Waals surface area contributed by atoms with E-state index in [9.17, 15) is 9.59 Å². The number of fused-ring (bicyclic) bond motifs is 2. The van der Waals surface area contributed by atoms with Crippen LogP contribution in [0.2, 0.25) is 0 Å². The maximum atomic E-state index is 13.4. The van der Waals surface area contributed by atoms with Crippen molar-refractivity contribution in [3.8, 4) is 22.8 Å². The molecule has 0 spiro atoms. The number of aromatic nitrogens is 3. The molecule has 0 fully saturated rings. The molecule has 7 nitrogen and oxygen atoms in total. The molecule has 1 aliphatic heterocycles. The van der Waals surface area contributed by atoms with E-state index in [4.69, 9.17) is 9.47 Å². The minimum absolute atomic E-state index is 0.0331. The average molecular weight is 522 g/mol. The summed E-state index contributed by atoms with van der Waals surface area (Å²) >= 11 is 1.13. The van der Waals surface area contributed by atoms with E-state index in [2.05, 4.69) is 10.1 Å². The van der Waals surface area contributed by atoms with E-state index in [1.54, 1.807) is 30.3 Å². The Bertz CT molecular complexity index is 1840. The number of nitrogens with zero attached hydrogens (tertiary/aromatic N) is 3. The van der Waals surface area contributed by atoms with Crippen molar-refractivity contribution in [1.82, 2.24) is 14.6 Å². The summed E-state index contributed by atoms with van der Waals surface area (Å²) in [5.41, 5.74) is 2.55. The standard InChI is InChI=1S/C30H23N3O4S/c1-18(2)36-23-14-12-19(13-15-23)26-28(34)31-30-33(32-26)29(35)25(38-30)17-22-16-21-10-6-7-11-24(21)37-27(22)20-8-4-3-5-9-20/h3-18,27H,1-2H3. The quantitative estimate of drug-likeness (QED) is 0.334. The van der Waals surface area contributed by atoms with Crippen LogP contribution in [0.15, 0.2) is 94.0 Å². The lowest BCUT2D eigenvalue weighted by molar-refractivity contribution is 0.242. The third kappa shape index (κ3) is 4.50. The number of thiazole rings is 1. The van der Waals surface area contributed by atoms with Gasteiger partial charge in [-0.15, -0.1) is 0 Å². The van der Waals surface area contributed by atoms with Gasteiger partial charge in [0, 0.05) is 11.1 Å². The number of benzene rings is 3. The second-order valence-electron chi connectivity index (χ2n) is 9.16. The van der Waals surface area contributed by atoms with Crippen LogP contribution in [0.25, 0.3) is 28.4 Å². The van der Waals surface area contributed by atoms with Crippen LogP contribution in [0, 0.1) is 0 Å². The molecular formula is C30H23N3O4S. The lowest BCUT2D eigenvalue weighted by Gasteiger charge is -2.26. The van der Waals surface area contributed by atoms with Crippen LogP contribution < -0.4 is 25.1 Å². The van der Waals surface area contributed by atoms with Gasteiger partial charge in [-0.05, 0) is 67.5 Å². The molecule has 0 bridgehead atoms. The summed E-state index contributed by atoms with van der Waals surface area (Å²) in [7, 11) is 0. The van der Waals surface area contributed by atoms with Gasteiger partial charge in [-0.3, -0.25) is 9.59 Å². The van der Waals surface area contributed by atoms with Gasteiger partial charge in [0.1, 0.15) is 17.6 Å². The van der Waals surface area contributed by atoms with E-state index < -0.39 is 5.56 Å². The molecule has 38 heavy (non-hydrogen) atoms. The van der Waals surface area contributed by atoms with Crippen LogP contribution in [-0.2, 0) is 0 Å². The summed E-state index contributed by atoms with van der Waals surface area (Å²) in [6.45, 7) is 3.88. The number of hydrogen-bond acceptors (Lipinski definition) is 7. The van der Waals surface area contributed by atoms with Crippen molar-refractivity contribution in [1.29, 1.82) is 0 Å². The highest BCUT2D eigenvalue weighted by atomic mass is 32.1. The number of hydrogen-bond donors (Lipinski definition) is 0. The Morgan fingerprint density at radius 3 is 2.47 bits per heavy atom. The Labute approximate surface area is 221 Å². The Kier molecular flexibility index (Phi) is 6.09. The van der Waals surface area contributed by atoms with Gasteiger partial charge < -0.3 is 9.47 Å². The molecule has 0 N–H and O–H groups in total. The zero-order chi connectivity index (χ0) is 26.2. The van der Waals surface area contributed by atoms with Crippen LogP contribution in [-0.4, -0.2) is 20.7 Å². The Hall–Kier alpha value is -4.56. The molecule has 3 heterocycles. The molecule has 0 radical (unpaired) electrons. The van der Waals surface area contributed by atoms with E-state index in [1.165, 1.54) is 4.52 Å². The highest BCUT2D eigenvalue weighted by Crippen LogP contribution is 2.37. The first-order chi connectivity index (χ1) is 18.5. The maximum Gasteiger partial charge on any atom is 0.300 e. The fraction of sp³-hybridized carbons (Fsp3) is 0.133. The monoisotopic (exact) mass is 521 g/mol. The van der Waals surface area contributed by atoms with Gasteiger partial charge in [-0.1, -0.05) is 59.9 Å². The summed E-state index contributed by atoms with van der Waals surface area (Å²) in [5, 5.41) is 4.39. The molecule has 1 unspecified atom stereocenters. The second-order valence-corrected chi connectivity index (χ2v) is 10.2. The fourth-order valence-corrected chi connectivity index (χ4v) is 5.27. The zero-order valence-electron chi connectivity index (χ0n) is 20.7. The molecule has 6 rings (SSSR count). The van der Waals surface area contributed by atoms with Crippen LogP contribution >= 0.6 is 11.3 Å². The van der Waals surface area contributed by atoms with Gasteiger partial charge in [0.2, 0.25) is 4.96 Å². The van der Waals surface area contributed by atoms with Crippen molar-refractivity contribution in [2.75, 3.05) is 0 Å². The van der Waals surface area contributed by atoms with Crippen molar-refractivity contribution in [3.63, 3.8) is 0 Å². The Morgan fingerprint density at radius 2 is 1.71 bits per heavy atom. The molecule has 2 aromatic heterocycles. The third-order valence-corrected chi connectivity index (χ3v) is 7.03. The highest BCUT2D eigenvalue weighted by Gasteiger charge is 2.23. The first kappa shape index (κ1) is 23.8. The predicted octanol–water partition coefficient (Wildman–Crippen LogP) is 4.68. The number of ether oxygens (including phenoxy) is 2. The van der Waals surface area contributed by atoms with Crippen LogP contribution in [0.3, 0.4) is 0 Å². The fourth-order valence-electron chi connectivity index (χ4n) is 4.37. The maximum absolute atomic E-state index is 13.4. The molecule has 5 aromatic rings. The van der Waals surface area contributed by atoms with Crippen LogP contribution in [0.4, 0.5) is 0 Å². The minimum atomic E-state index is -0.494. The summed E-state index contributed by atoms with van der Waals surface area (Å²) in [6.07, 6.45) is 3.47. The largest absolute Gasteiger partial charge is 0.491 e. The molecule has 0 saturated heterocycles. The molecule has 0 saturated carbocycles. The molecule has 0 aliphatic carbocycles. The number of para-hydroxylation sites is 1. The lowest BCUT2D eigenvalue weighted by atomic mass is 9.96. The SMILES string of the molecule is CC(C)Oc1ccc(-c2nn3c(=O)c(=CC4=Cc5ccccc5OC4c4ccccc4)sc3nc2=O)cc1. The molecule has 3 aromatic carbocycles. The van der Waals surface area contributed by atoms with Gasteiger partial charge in [0.15, 0.2) is 5.69 Å². The Morgan fingerprint density at radius 1 is 0.974 bits per heavy atom. The third-order valence-electron chi connectivity index (χ3n) is 6.07. The lowest BCUT2D eigenvalue weighted by Crippen LogP contribution is -2.27. The predicted molar refractivity (Wildman–Crippen MR) is 149 cm³/mol. The molecular weight excluding hydrogens is 498 g/mol. The summed E-state index contributed by atoms with van der Waals surface area (Å²) in [4.78, 5) is 30.6. The van der Waals surface area contributed by atoms with Crippen molar-refractivity contribution >= 4 is 28.4 Å². The zero-order valence-corrected chi connectivity index (χ0v) is 21.5. The van der Waals surface area contributed by atoms with Crippen molar-refractivity contribution < 1.29 is 9.47 Å². The summed E-state index contributed by atoms with van der Waals surface area (Å²) in [5.74, 6) is 1.47. The number of rotatable bonds is 5. The summed E-state index contributed by atoms with van der Waals surface area (Å²) < 4.78 is 13.6. The summed E-state index contributed by atoms with van der Waals surface area (Å²) in [6, 6.07) is 24.7. The van der Waals surface area contributed by atoms with Gasteiger partial charge >= 0.3 is 5.56 Å². The average Bonchev–Trinajstić information content (AvgIpc) is 3.22. The van der Waals surface area contributed by atoms with E-state index >= 15 is 0 Å². The highest BCUT2D eigenvalue weighted by molar-refractivity contribution is 7.15. The molecule has 1 aliphatic rings. The van der Waals surface area contributed by atoms with Gasteiger partial charge in [-0.25, -0.2) is 0 Å². The van der Waals surface area contributed by atoms with Crippen molar-refractivity contribution in [3.05, 3.63) is 121 Å². The van der Waals surface area contributed by atoms with E-state index in [-0.39, 0.29) is 28.4 Å². The molecule has 8 heteroatoms. The molecule has 1 atom stereocenters. The molecule has 188 valence electrons. The first-order valence-corrected chi connectivity index (χ1v) is 13.0. The molecule has 0 amide bonds. The van der Waals surface area contributed by atoms with Crippen LogP contribution in [0.5, 0.6) is 11.5 Å². The van der Waals surface area contributed by atoms with E-state index in [0.29, 0.717) is 15.8 Å². The van der Waals surface area contributed by atoms with Gasteiger partial charge in [-0.2, -0.15) is 14.6 Å². The first-order valence-electron chi connectivity index (χ1n) is 12.2. The Balaban J connectivity index is 1.45. The van der Waals surface area contributed by atoms with Crippen molar-refractivity contribution in [2.24, 2.45) is 0 Å². The smallest absolute Gasteiger partial charge is 0.300 e. The van der Waals surface area contributed by atoms with E-state index in [1.807, 2.05) is 74.5 Å².